The minimum absolute atomic E-state index is 0.000958. The van der Waals surface area contributed by atoms with Crippen molar-refractivity contribution in [2.45, 2.75) is 44.1 Å². The molecule has 5 rings (SSSR count). The molecule has 2 aliphatic carbocycles. The first kappa shape index (κ1) is 23.6. The number of aromatic nitrogens is 1. The van der Waals surface area contributed by atoms with E-state index in [1.807, 2.05) is 85.0 Å². The van der Waals surface area contributed by atoms with Crippen molar-refractivity contribution in [3.63, 3.8) is 0 Å². The summed E-state index contributed by atoms with van der Waals surface area (Å²) in [4.78, 5) is 25.4. The number of nitrogens with one attached hydrogen (secondary N) is 1. The third-order valence-corrected chi connectivity index (χ3v) is 7.29. The van der Waals surface area contributed by atoms with Crippen molar-refractivity contribution in [2.24, 2.45) is 5.41 Å². The fourth-order valence-electron chi connectivity index (χ4n) is 5.03. The van der Waals surface area contributed by atoms with Gasteiger partial charge in [-0.2, -0.15) is 0 Å². The number of aryl methyl sites for hydroxylation is 1. The number of nitrogens with zero attached hydrogens (tertiary/aromatic N) is 1. The zero-order valence-electron chi connectivity index (χ0n) is 20.2. The number of carboxylic acid groups (broad SMARTS) is 1. The fraction of sp³-hybridized carbons (Fsp3) is 0.276. The highest BCUT2D eigenvalue weighted by atomic mass is 16.6. The number of amides is 1. The Morgan fingerprint density at radius 2 is 1.67 bits per heavy atom. The second-order valence-corrected chi connectivity index (χ2v) is 9.47. The molecule has 2 aromatic carbocycles. The van der Waals surface area contributed by atoms with Crippen LogP contribution in [0, 0.1) is 12.3 Å². The van der Waals surface area contributed by atoms with Crippen LogP contribution in [0.2, 0.25) is 0 Å². The van der Waals surface area contributed by atoms with Gasteiger partial charge in [0.1, 0.15) is 17.5 Å². The van der Waals surface area contributed by atoms with E-state index in [2.05, 4.69) is 10.5 Å². The quantitative estimate of drug-likeness (QED) is 0.381. The van der Waals surface area contributed by atoms with Crippen molar-refractivity contribution in [3.8, 4) is 0 Å². The monoisotopic (exact) mass is 484 g/mol. The van der Waals surface area contributed by atoms with Crippen LogP contribution in [0.15, 0.2) is 89.5 Å². The van der Waals surface area contributed by atoms with Crippen molar-refractivity contribution in [1.82, 2.24) is 5.16 Å². The maximum absolute atomic E-state index is 12.9. The van der Waals surface area contributed by atoms with E-state index in [9.17, 15) is 14.7 Å². The molecular weight excluding hydrogens is 456 g/mol. The number of carbonyl (C=O) groups is 2. The highest BCUT2D eigenvalue weighted by Crippen LogP contribution is 2.63. The van der Waals surface area contributed by atoms with Gasteiger partial charge in [-0.15, -0.1) is 0 Å². The SMILES string of the molecule is Cc1noc(C2(C3(C(=O)O)CC3)C=CC(c3ccccc3)C=C2)c1NC(=O)O[C@H](C)c1ccccc1. The van der Waals surface area contributed by atoms with Crippen molar-refractivity contribution >= 4 is 17.7 Å². The van der Waals surface area contributed by atoms with Crippen LogP contribution in [0.4, 0.5) is 10.5 Å². The molecular formula is C29H28N2O5. The van der Waals surface area contributed by atoms with E-state index in [0.29, 0.717) is 30.0 Å². The lowest BCUT2D eigenvalue weighted by atomic mass is 9.66. The van der Waals surface area contributed by atoms with Crippen molar-refractivity contribution in [2.75, 3.05) is 5.32 Å². The Kier molecular flexibility index (Phi) is 6.00. The van der Waals surface area contributed by atoms with Crippen LogP contribution in [0.1, 0.15) is 54.4 Å². The molecule has 0 saturated heterocycles. The largest absolute Gasteiger partial charge is 0.481 e. The normalized spacial score (nSPS) is 22.6. The average molecular weight is 485 g/mol. The van der Waals surface area contributed by atoms with Gasteiger partial charge in [0, 0.05) is 5.92 Å². The third kappa shape index (κ3) is 4.00. The second kappa shape index (κ2) is 9.15. The molecule has 0 aliphatic heterocycles. The first-order chi connectivity index (χ1) is 17.4. The van der Waals surface area contributed by atoms with Gasteiger partial charge in [0.25, 0.3) is 0 Å². The lowest BCUT2D eigenvalue weighted by molar-refractivity contribution is -0.145. The standard InChI is InChI=1S/C29H28N2O5/c1-19-24(30-27(34)35-20(2)21-9-5-3-6-10-21)25(36-31-19)28(29(17-18-29)26(32)33)15-13-23(14-16-28)22-11-7-4-8-12-22/h3-16,20,23H,17-18H2,1-2H3,(H,30,34)(H,32,33)/t20-,23?,28?/m1/s1. The number of anilines is 1. The molecule has 2 aliphatic rings. The Labute approximate surface area is 209 Å². The van der Waals surface area contributed by atoms with Crippen LogP contribution in [0.3, 0.4) is 0 Å². The van der Waals surface area contributed by atoms with Gasteiger partial charge in [-0.05, 0) is 37.8 Å². The summed E-state index contributed by atoms with van der Waals surface area (Å²) in [5.41, 5.74) is 0.565. The summed E-state index contributed by atoms with van der Waals surface area (Å²) >= 11 is 0. The fourth-order valence-corrected chi connectivity index (χ4v) is 5.03. The molecule has 2 N–H and O–H groups in total. The lowest BCUT2D eigenvalue weighted by Crippen LogP contribution is -2.40. The lowest BCUT2D eigenvalue weighted by Gasteiger charge is -2.35. The van der Waals surface area contributed by atoms with Gasteiger partial charge in [0.2, 0.25) is 0 Å². The Balaban J connectivity index is 1.47. The maximum Gasteiger partial charge on any atom is 0.412 e. The van der Waals surface area contributed by atoms with Gasteiger partial charge < -0.3 is 14.4 Å². The van der Waals surface area contributed by atoms with Crippen LogP contribution >= 0.6 is 0 Å². The Morgan fingerprint density at radius 1 is 1.06 bits per heavy atom. The van der Waals surface area contributed by atoms with E-state index < -0.39 is 29.0 Å². The average Bonchev–Trinajstić information content (AvgIpc) is 3.65. The highest BCUT2D eigenvalue weighted by Gasteiger charge is 2.66. The van der Waals surface area contributed by atoms with Crippen LogP contribution in [0.25, 0.3) is 0 Å². The van der Waals surface area contributed by atoms with Crippen molar-refractivity contribution < 1.29 is 24.0 Å². The number of aliphatic carboxylic acids is 1. The number of hydrogen-bond acceptors (Lipinski definition) is 5. The molecule has 0 bridgehead atoms. The predicted molar refractivity (Wildman–Crippen MR) is 135 cm³/mol. The summed E-state index contributed by atoms with van der Waals surface area (Å²) in [5.74, 6) is -0.612. The van der Waals surface area contributed by atoms with Gasteiger partial charge >= 0.3 is 12.1 Å². The van der Waals surface area contributed by atoms with Gasteiger partial charge in [-0.1, -0.05) is 90.1 Å². The smallest absolute Gasteiger partial charge is 0.412 e. The number of allylic oxidation sites excluding steroid dienone is 4. The zero-order valence-corrected chi connectivity index (χ0v) is 20.2. The Hall–Kier alpha value is -4.13. The van der Waals surface area contributed by atoms with E-state index in [0.717, 1.165) is 11.1 Å². The molecule has 0 unspecified atom stereocenters. The van der Waals surface area contributed by atoms with Gasteiger partial charge in [-0.25, -0.2) is 4.79 Å². The zero-order chi connectivity index (χ0) is 25.3. The molecule has 1 atom stereocenters. The number of ether oxygens (including phenoxy) is 1. The van der Waals surface area contributed by atoms with Crippen molar-refractivity contribution in [3.05, 3.63) is 108 Å². The van der Waals surface area contributed by atoms with Crippen molar-refractivity contribution in [1.29, 1.82) is 0 Å². The summed E-state index contributed by atoms with van der Waals surface area (Å²) in [6.45, 7) is 3.50. The number of benzene rings is 2. The topological polar surface area (TPSA) is 102 Å². The molecule has 1 amide bonds. The van der Waals surface area contributed by atoms with Crippen LogP contribution in [0.5, 0.6) is 0 Å². The third-order valence-electron chi connectivity index (χ3n) is 7.29. The number of rotatable bonds is 7. The number of carbonyl (C=O) groups excluding carboxylic acids is 1. The second-order valence-electron chi connectivity index (χ2n) is 9.47. The summed E-state index contributed by atoms with van der Waals surface area (Å²) < 4.78 is 11.4. The minimum atomic E-state index is -1.10. The van der Waals surface area contributed by atoms with Gasteiger partial charge in [-0.3, -0.25) is 10.1 Å². The van der Waals surface area contributed by atoms with Crippen LogP contribution < -0.4 is 5.32 Å². The molecule has 0 spiro atoms. The summed E-state index contributed by atoms with van der Waals surface area (Å²) in [6.07, 6.45) is 7.62. The molecule has 3 aromatic rings. The molecule has 1 heterocycles. The summed E-state index contributed by atoms with van der Waals surface area (Å²) in [6, 6.07) is 19.4. The summed E-state index contributed by atoms with van der Waals surface area (Å²) in [5, 5.41) is 17.1. The molecule has 0 radical (unpaired) electrons. The molecule has 7 nitrogen and oxygen atoms in total. The first-order valence-corrected chi connectivity index (χ1v) is 12.0. The molecule has 184 valence electrons. The van der Waals surface area contributed by atoms with E-state index in [-0.39, 0.29) is 5.92 Å². The minimum Gasteiger partial charge on any atom is -0.481 e. The first-order valence-electron chi connectivity index (χ1n) is 12.0. The van der Waals surface area contributed by atoms with Crippen LogP contribution in [-0.2, 0) is 14.9 Å². The summed E-state index contributed by atoms with van der Waals surface area (Å²) in [7, 11) is 0. The highest BCUT2D eigenvalue weighted by molar-refractivity contribution is 5.88. The Bertz CT molecular complexity index is 1310. The maximum atomic E-state index is 12.9. The van der Waals surface area contributed by atoms with E-state index in [1.165, 1.54) is 0 Å². The predicted octanol–water partition coefficient (Wildman–Crippen LogP) is 6.31. The Morgan fingerprint density at radius 3 is 2.25 bits per heavy atom. The van der Waals surface area contributed by atoms with E-state index in [1.54, 1.807) is 13.8 Å². The molecule has 36 heavy (non-hydrogen) atoms. The van der Waals surface area contributed by atoms with Gasteiger partial charge in [0.15, 0.2) is 5.76 Å². The molecule has 1 saturated carbocycles. The number of carboxylic acids is 1. The van der Waals surface area contributed by atoms with E-state index >= 15 is 0 Å². The van der Waals surface area contributed by atoms with E-state index in [4.69, 9.17) is 9.26 Å². The van der Waals surface area contributed by atoms with Crippen LogP contribution in [-0.4, -0.2) is 22.3 Å². The number of hydrogen-bond donors (Lipinski definition) is 2. The molecule has 7 heteroatoms. The van der Waals surface area contributed by atoms with Gasteiger partial charge in [0.05, 0.1) is 10.8 Å². The molecule has 1 fully saturated rings. The molecule has 1 aromatic heterocycles.